The molecule has 0 aliphatic rings. The number of alkyl halides is 3. The Bertz CT molecular complexity index is 964. The molecule has 0 fully saturated rings. The number of aliphatic imine (C=N–C) groups is 1. The Morgan fingerprint density at radius 3 is 2.66 bits per heavy atom. The molecule has 3 aromatic rings. The quantitative estimate of drug-likeness (QED) is 0.277. The topological polar surface area (TPSA) is 77.1 Å². The standard InChI is InChI=1S/C20H23F3N6/c1-24-19(27-10-8-14-13-29-17-7-3-2-5-15(14)17)28-12-11-26-18-16(20(21,22)23)6-4-9-25-18/h2-7,9,13,29H,8,10-12H2,1H3,(H,25,26)(H2,24,27,28). The third-order valence-corrected chi connectivity index (χ3v) is 4.41. The normalized spacial score (nSPS) is 12.2. The molecule has 29 heavy (non-hydrogen) atoms. The Morgan fingerprint density at radius 2 is 1.86 bits per heavy atom. The highest BCUT2D eigenvalue weighted by Gasteiger charge is 2.33. The predicted octanol–water partition coefficient (Wildman–Crippen LogP) is 3.40. The fourth-order valence-electron chi connectivity index (χ4n) is 3.01. The average molecular weight is 404 g/mol. The summed E-state index contributed by atoms with van der Waals surface area (Å²) in [6.45, 7) is 1.33. The summed E-state index contributed by atoms with van der Waals surface area (Å²) in [5.74, 6) is 0.410. The molecule has 3 rings (SSSR count). The van der Waals surface area contributed by atoms with Gasteiger partial charge in [-0.25, -0.2) is 4.98 Å². The Kier molecular flexibility index (Phi) is 6.58. The maximum Gasteiger partial charge on any atom is 0.419 e. The van der Waals surface area contributed by atoms with Crippen molar-refractivity contribution in [1.82, 2.24) is 20.6 Å². The molecule has 0 atom stereocenters. The largest absolute Gasteiger partial charge is 0.419 e. The number of H-pyrrole nitrogens is 1. The lowest BCUT2D eigenvalue weighted by atomic mass is 10.1. The molecule has 0 unspecified atom stereocenters. The smallest absolute Gasteiger partial charge is 0.368 e. The minimum absolute atomic E-state index is 0.177. The molecule has 1 aromatic carbocycles. The van der Waals surface area contributed by atoms with Crippen LogP contribution in [0.4, 0.5) is 19.0 Å². The van der Waals surface area contributed by atoms with Crippen molar-refractivity contribution in [1.29, 1.82) is 0 Å². The predicted molar refractivity (Wildman–Crippen MR) is 109 cm³/mol. The maximum atomic E-state index is 13.0. The van der Waals surface area contributed by atoms with E-state index in [-0.39, 0.29) is 12.4 Å². The lowest BCUT2D eigenvalue weighted by molar-refractivity contribution is -0.137. The first-order valence-corrected chi connectivity index (χ1v) is 9.24. The van der Waals surface area contributed by atoms with Gasteiger partial charge in [0.2, 0.25) is 0 Å². The van der Waals surface area contributed by atoms with Gasteiger partial charge in [-0.05, 0) is 30.2 Å². The molecule has 0 amide bonds. The number of halogens is 3. The van der Waals surface area contributed by atoms with E-state index in [1.54, 1.807) is 7.05 Å². The van der Waals surface area contributed by atoms with E-state index in [9.17, 15) is 13.2 Å². The molecule has 0 bridgehead atoms. The fourth-order valence-corrected chi connectivity index (χ4v) is 3.01. The second-order valence-corrected chi connectivity index (χ2v) is 6.36. The van der Waals surface area contributed by atoms with E-state index in [4.69, 9.17) is 0 Å². The molecular formula is C20H23F3N6. The van der Waals surface area contributed by atoms with Gasteiger partial charge >= 0.3 is 6.18 Å². The molecule has 0 spiro atoms. The number of fused-ring (bicyclic) bond motifs is 1. The van der Waals surface area contributed by atoms with E-state index in [1.165, 1.54) is 23.2 Å². The van der Waals surface area contributed by atoms with Gasteiger partial charge in [-0.1, -0.05) is 18.2 Å². The highest BCUT2D eigenvalue weighted by Crippen LogP contribution is 2.33. The molecule has 0 aliphatic carbocycles. The third-order valence-electron chi connectivity index (χ3n) is 4.41. The summed E-state index contributed by atoms with van der Waals surface area (Å²) in [7, 11) is 1.65. The van der Waals surface area contributed by atoms with Crippen molar-refractivity contribution in [3.05, 3.63) is 59.9 Å². The number of hydrogen-bond acceptors (Lipinski definition) is 3. The van der Waals surface area contributed by atoms with Gasteiger partial charge in [-0.15, -0.1) is 0 Å². The number of nitrogens with one attached hydrogen (secondary N) is 4. The Hall–Kier alpha value is -3.23. The van der Waals surface area contributed by atoms with Gasteiger partial charge < -0.3 is 20.9 Å². The van der Waals surface area contributed by atoms with Crippen LogP contribution >= 0.6 is 0 Å². The summed E-state index contributed by atoms with van der Waals surface area (Å²) in [4.78, 5) is 11.2. The van der Waals surface area contributed by atoms with Crippen LogP contribution in [0.3, 0.4) is 0 Å². The summed E-state index contributed by atoms with van der Waals surface area (Å²) in [6, 6.07) is 10.4. The van der Waals surface area contributed by atoms with Gasteiger partial charge in [0.05, 0.1) is 5.56 Å². The number of aromatic amines is 1. The SMILES string of the molecule is CN=C(NCCNc1ncccc1C(F)(F)F)NCCc1c[nH]c2ccccc12. The minimum atomic E-state index is -4.44. The van der Waals surface area contributed by atoms with Gasteiger partial charge in [-0.3, -0.25) is 4.99 Å². The van der Waals surface area contributed by atoms with Crippen molar-refractivity contribution in [2.45, 2.75) is 12.6 Å². The summed E-state index contributed by atoms with van der Waals surface area (Å²) >= 11 is 0. The molecule has 0 saturated heterocycles. The molecule has 4 N–H and O–H groups in total. The number of guanidine groups is 1. The molecule has 6 nitrogen and oxygen atoms in total. The number of aromatic nitrogens is 2. The van der Waals surface area contributed by atoms with Gasteiger partial charge in [0.25, 0.3) is 0 Å². The van der Waals surface area contributed by atoms with Crippen LogP contribution in [0.15, 0.2) is 53.8 Å². The average Bonchev–Trinajstić information content (AvgIpc) is 3.12. The van der Waals surface area contributed by atoms with Crippen LogP contribution in [0.25, 0.3) is 10.9 Å². The number of rotatable bonds is 7. The van der Waals surface area contributed by atoms with Gasteiger partial charge in [0.15, 0.2) is 5.96 Å². The molecule has 9 heteroatoms. The van der Waals surface area contributed by atoms with Gasteiger partial charge in [0, 0.05) is 50.0 Å². The van der Waals surface area contributed by atoms with Crippen molar-refractivity contribution in [2.24, 2.45) is 4.99 Å². The fraction of sp³-hybridized carbons (Fsp3) is 0.300. The minimum Gasteiger partial charge on any atom is -0.368 e. The third kappa shape index (κ3) is 5.40. The Labute approximate surface area is 166 Å². The van der Waals surface area contributed by atoms with Crippen LogP contribution in [-0.4, -0.2) is 42.6 Å². The van der Waals surface area contributed by atoms with Crippen LogP contribution in [0, 0.1) is 0 Å². The molecule has 2 aromatic heterocycles. The van der Waals surface area contributed by atoms with Gasteiger partial charge in [0.1, 0.15) is 5.82 Å². The van der Waals surface area contributed by atoms with E-state index in [2.05, 4.69) is 37.0 Å². The van der Waals surface area contributed by atoms with E-state index in [0.717, 1.165) is 18.0 Å². The lowest BCUT2D eigenvalue weighted by Crippen LogP contribution is -2.40. The molecular weight excluding hydrogens is 381 g/mol. The van der Waals surface area contributed by atoms with Crippen molar-refractivity contribution >= 4 is 22.7 Å². The van der Waals surface area contributed by atoms with E-state index < -0.39 is 11.7 Å². The zero-order valence-electron chi connectivity index (χ0n) is 16.0. The molecule has 0 radical (unpaired) electrons. The number of hydrogen-bond donors (Lipinski definition) is 4. The first-order valence-electron chi connectivity index (χ1n) is 9.24. The van der Waals surface area contributed by atoms with Crippen molar-refractivity contribution in [2.75, 3.05) is 32.0 Å². The van der Waals surface area contributed by atoms with Crippen molar-refractivity contribution in [3.8, 4) is 0 Å². The molecule has 2 heterocycles. The Balaban J connectivity index is 1.43. The second-order valence-electron chi connectivity index (χ2n) is 6.36. The number of benzene rings is 1. The monoisotopic (exact) mass is 404 g/mol. The van der Waals surface area contributed by atoms with Crippen LogP contribution in [0.2, 0.25) is 0 Å². The summed E-state index contributed by atoms with van der Waals surface area (Å²) in [5, 5.41) is 10.2. The first-order chi connectivity index (χ1) is 14.0. The molecule has 154 valence electrons. The van der Waals surface area contributed by atoms with Gasteiger partial charge in [-0.2, -0.15) is 13.2 Å². The highest BCUT2D eigenvalue weighted by molar-refractivity contribution is 5.83. The summed E-state index contributed by atoms with van der Waals surface area (Å²) < 4.78 is 38.9. The maximum absolute atomic E-state index is 13.0. The Morgan fingerprint density at radius 1 is 1.07 bits per heavy atom. The van der Waals surface area contributed by atoms with E-state index in [0.29, 0.717) is 19.0 Å². The number of anilines is 1. The van der Waals surface area contributed by atoms with Crippen LogP contribution in [0.5, 0.6) is 0 Å². The molecule has 0 saturated carbocycles. The number of para-hydroxylation sites is 1. The summed E-state index contributed by atoms with van der Waals surface area (Å²) in [5.41, 5.74) is 1.53. The zero-order chi connectivity index (χ0) is 20.7. The summed E-state index contributed by atoms with van der Waals surface area (Å²) in [6.07, 6.45) is -0.302. The van der Waals surface area contributed by atoms with E-state index >= 15 is 0 Å². The number of nitrogens with zero attached hydrogens (tertiary/aromatic N) is 2. The van der Waals surface area contributed by atoms with Crippen molar-refractivity contribution < 1.29 is 13.2 Å². The van der Waals surface area contributed by atoms with E-state index in [1.807, 2.05) is 24.4 Å². The highest BCUT2D eigenvalue weighted by atomic mass is 19.4. The number of pyridine rings is 1. The lowest BCUT2D eigenvalue weighted by Gasteiger charge is -2.15. The molecule has 0 aliphatic heterocycles. The van der Waals surface area contributed by atoms with Crippen LogP contribution in [0.1, 0.15) is 11.1 Å². The van der Waals surface area contributed by atoms with Crippen molar-refractivity contribution in [3.63, 3.8) is 0 Å². The zero-order valence-corrected chi connectivity index (χ0v) is 16.0. The second kappa shape index (κ2) is 9.31. The first kappa shape index (κ1) is 20.5. The van der Waals surface area contributed by atoms with Crippen LogP contribution in [-0.2, 0) is 12.6 Å². The van der Waals surface area contributed by atoms with Crippen LogP contribution < -0.4 is 16.0 Å².